The van der Waals surface area contributed by atoms with E-state index in [1.165, 1.54) is 0 Å². The minimum Gasteiger partial charge on any atom is -0.389 e. The Hall–Kier alpha value is 0.0700. The quantitative estimate of drug-likeness (QED) is 0.520. The zero-order valence-electron chi connectivity index (χ0n) is 8.32. The van der Waals surface area contributed by atoms with Gasteiger partial charge in [-0.3, -0.25) is 4.57 Å². The van der Waals surface area contributed by atoms with Crippen LogP contribution in [0.2, 0.25) is 5.02 Å². The number of aromatic nitrogens is 2. The van der Waals surface area contributed by atoms with E-state index in [0.29, 0.717) is 15.6 Å². The van der Waals surface area contributed by atoms with Crippen LogP contribution in [0.1, 0.15) is 5.56 Å². The average molecular weight is 490 g/mol. The number of nitrogens with zero attached hydrogens (tertiary/aromatic N) is 2. The van der Waals surface area contributed by atoms with Gasteiger partial charge in [-0.2, -0.15) is 0 Å². The standard InChI is InChI=1S/C10H6ClI2N3S/c11-7-3-5(1-2-6(7)10(14)17)16-4-15-8(12)9(16)13/h1-4H,(H2,14,17). The van der Waals surface area contributed by atoms with Crippen LogP contribution in [0.25, 0.3) is 5.69 Å². The molecule has 1 aromatic carbocycles. The Labute approximate surface area is 136 Å². The maximum absolute atomic E-state index is 6.13. The van der Waals surface area contributed by atoms with Crippen LogP contribution in [0.5, 0.6) is 0 Å². The molecule has 0 bridgehead atoms. The molecule has 0 radical (unpaired) electrons. The number of hydrogen-bond donors (Lipinski definition) is 1. The highest BCUT2D eigenvalue weighted by Gasteiger charge is 2.09. The Morgan fingerprint density at radius 1 is 1.41 bits per heavy atom. The molecular formula is C10H6ClI2N3S. The van der Waals surface area contributed by atoms with Gasteiger partial charge in [0.1, 0.15) is 18.7 Å². The summed E-state index contributed by atoms with van der Waals surface area (Å²) in [5.74, 6) is 0. The molecule has 7 heteroatoms. The lowest BCUT2D eigenvalue weighted by atomic mass is 10.2. The second-order valence-corrected chi connectivity index (χ2v) is 6.12. The van der Waals surface area contributed by atoms with Crippen LogP contribution >= 0.6 is 69.0 Å². The lowest BCUT2D eigenvalue weighted by Crippen LogP contribution is -2.10. The Morgan fingerprint density at radius 2 is 2.12 bits per heavy atom. The number of hydrogen-bond acceptors (Lipinski definition) is 2. The number of nitrogens with two attached hydrogens (primary N) is 1. The Morgan fingerprint density at radius 3 is 2.59 bits per heavy atom. The molecule has 0 aliphatic rings. The molecule has 0 atom stereocenters. The van der Waals surface area contributed by atoms with Crippen molar-refractivity contribution in [1.82, 2.24) is 9.55 Å². The third kappa shape index (κ3) is 2.74. The van der Waals surface area contributed by atoms with Crippen molar-refractivity contribution in [3.05, 3.63) is 42.5 Å². The second kappa shape index (κ2) is 5.37. The molecule has 3 nitrogen and oxygen atoms in total. The first-order valence-corrected chi connectivity index (χ1v) is 7.43. The molecule has 0 unspecified atom stereocenters. The molecular weight excluding hydrogens is 483 g/mol. The van der Waals surface area contributed by atoms with Crippen LogP contribution in [-0.4, -0.2) is 14.5 Å². The summed E-state index contributed by atoms with van der Waals surface area (Å²) >= 11 is 15.5. The van der Waals surface area contributed by atoms with E-state index in [1.54, 1.807) is 6.33 Å². The van der Waals surface area contributed by atoms with Crippen molar-refractivity contribution < 1.29 is 0 Å². The minimum atomic E-state index is 0.302. The van der Waals surface area contributed by atoms with Gasteiger partial charge in [-0.25, -0.2) is 4.98 Å². The van der Waals surface area contributed by atoms with E-state index in [0.717, 1.165) is 13.1 Å². The molecule has 0 saturated heterocycles. The molecule has 88 valence electrons. The molecule has 1 heterocycles. The Bertz CT molecular complexity index is 597. The highest BCUT2D eigenvalue weighted by molar-refractivity contribution is 14.1. The van der Waals surface area contributed by atoms with E-state index in [1.807, 2.05) is 22.8 Å². The Kier molecular flexibility index (Phi) is 4.26. The zero-order valence-corrected chi connectivity index (χ0v) is 14.2. The average Bonchev–Trinajstić information content (AvgIpc) is 2.59. The van der Waals surface area contributed by atoms with Gasteiger partial charge in [0.15, 0.2) is 0 Å². The molecule has 0 amide bonds. The van der Waals surface area contributed by atoms with E-state index in [9.17, 15) is 0 Å². The van der Waals surface area contributed by atoms with Gasteiger partial charge in [0.2, 0.25) is 0 Å². The van der Waals surface area contributed by atoms with Crippen molar-refractivity contribution >= 4 is 74.0 Å². The van der Waals surface area contributed by atoms with Crippen LogP contribution in [0.15, 0.2) is 24.5 Å². The number of thiocarbonyl (C=S) groups is 1. The SMILES string of the molecule is NC(=S)c1ccc(-n2cnc(I)c2I)cc1Cl. The molecule has 0 spiro atoms. The van der Waals surface area contributed by atoms with Crippen molar-refractivity contribution in [3.63, 3.8) is 0 Å². The third-order valence-corrected chi connectivity index (χ3v) is 5.55. The summed E-state index contributed by atoms with van der Waals surface area (Å²) in [6.45, 7) is 0. The predicted molar refractivity (Wildman–Crippen MR) is 89.9 cm³/mol. The first-order valence-electron chi connectivity index (χ1n) is 4.48. The molecule has 0 aliphatic heterocycles. The lowest BCUT2D eigenvalue weighted by molar-refractivity contribution is 1.03. The van der Waals surface area contributed by atoms with E-state index in [2.05, 4.69) is 50.2 Å². The first-order chi connectivity index (χ1) is 8.00. The van der Waals surface area contributed by atoms with E-state index < -0.39 is 0 Å². The summed E-state index contributed by atoms with van der Waals surface area (Å²) in [5.41, 5.74) is 7.19. The fourth-order valence-corrected chi connectivity index (χ4v) is 2.78. The van der Waals surface area contributed by atoms with Gasteiger partial charge < -0.3 is 5.73 Å². The molecule has 0 fully saturated rings. The van der Waals surface area contributed by atoms with Gasteiger partial charge in [0, 0.05) is 11.3 Å². The van der Waals surface area contributed by atoms with Crippen molar-refractivity contribution in [2.24, 2.45) is 5.73 Å². The van der Waals surface area contributed by atoms with Gasteiger partial charge in [0.05, 0.1) is 5.02 Å². The van der Waals surface area contributed by atoms with Gasteiger partial charge in [-0.1, -0.05) is 23.8 Å². The molecule has 2 N–H and O–H groups in total. The monoisotopic (exact) mass is 489 g/mol. The van der Waals surface area contributed by atoms with Crippen LogP contribution < -0.4 is 5.73 Å². The number of rotatable bonds is 2. The number of benzene rings is 1. The van der Waals surface area contributed by atoms with Gasteiger partial charge in [0.25, 0.3) is 0 Å². The van der Waals surface area contributed by atoms with E-state index in [-0.39, 0.29) is 0 Å². The fraction of sp³-hybridized carbons (Fsp3) is 0. The normalized spacial score (nSPS) is 10.5. The highest BCUT2D eigenvalue weighted by Crippen LogP contribution is 2.23. The summed E-state index contributed by atoms with van der Waals surface area (Å²) in [6.07, 6.45) is 1.76. The van der Waals surface area contributed by atoms with Crippen LogP contribution in [-0.2, 0) is 0 Å². The fourth-order valence-electron chi connectivity index (χ4n) is 1.35. The lowest BCUT2D eigenvalue weighted by Gasteiger charge is -2.07. The van der Waals surface area contributed by atoms with E-state index in [4.69, 9.17) is 29.6 Å². The van der Waals surface area contributed by atoms with Crippen LogP contribution in [0.3, 0.4) is 0 Å². The van der Waals surface area contributed by atoms with Crippen molar-refractivity contribution in [1.29, 1.82) is 0 Å². The van der Waals surface area contributed by atoms with Gasteiger partial charge >= 0.3 is 0 Å². The van der Waals surface area contributed by atoms with Gasteiger partial charge in [-0.05, 0) is 63.4 Å². The smallest absolute Gasteiger partial charge is 0.133 e. The maximum atomic E-state index is 6.13. The summed E-state index contributed by atoms with van der Waals surface area (Å²) in [4.78, 5) is 4.53. The number of halogens is 3. The van der Waals surface area contributed by atoms with E-state index >= 15 is 0 Å². The predicted octanol–water partition coefficient (Wildman–Crippen LogP) is 3.37. The topological polar surface area (TPSA) is 43.8 Å². The molecule has 17 heavy (non-hydrogen) atoms. The molecule has 0 saturated carbocycles. The molecule has 2 rings (SSSR count). The highest BCUT2D eigenvalue weighted by atomic mass is 127. The molecule has 2 aromatic rings. The second-order valence-electron chi connectivity index (χ2n) is 3.22. The largest absolute Gasteiger partial charge is 0.389 e. The third-order valence-electron chi connectivity index (χ3n) is 2.16. The van der Waals surface area contributed by atoms with Crippen molar-refractivity contribution in [2.75, 3.05) is 0 Å². The minimum absolute atomic E-state index is 0.302. The van der Waals surface area contributed by atoms with Crippen LogP contribution in [0.4, 0.5) is 0 Å². The summed E-state index contributed by atoms with van der Waals surface area (Å²) < 4.78 is 3.96. The molecule has 1 aromatic heterocycles. The first kappa shape index (κ1) is 13.5. The summed E-state index contributed by atoms with van der Waals surface area (Å²) in [5, 5.41) is 0.550. The molecule has 0 aliphatic carbocycles. The number of imidazole rings is 1. The van der Waals surface area contributed by atoms with Crippen molar-refractivity contribution in [3.8, 4) is 5.69 Å². The summed E-state index contributed by atoms with van der Waals surface area (Å²) in [6, 6.07) is 5.57. The van der Waals surface area contributed by atoms with Gasteiger partial charge in [-0.15, -0.1) is 0 Å². The van der Waals surface area contributed by atoms with Crippen LogP contribution in [0, 0.1) is 7.40 Å². The maximum Gasteiger partial charge on any atom is 0.133 e. The zero-order chi connectivity index (χ0) is 12.6. The van der Waals surface area contributed by atoms with Crippen molar-refractivity contribution in [2.45, 2.75) is 0 Å². The summed E-state index contributed by atoms with van der Waals surface area (Å²) in [7, 11) is 0. The Balaban J connectivity index is 2.52.